The van der Waals surface area contributed by atoms with E-state index < -0.39 is 0 Å². The van der Waals surface area contributed by atoms with Crippen molar-refractivity contribution in [1.29, 1.82) is 0 Å². The molecule has 0 aliphatic carbocycles. The van der Waals surface area contributed by atoms with Crippen molar-refractivity contribution in [1.82, 2.24) is 0 Å². The average Bonchev–Trinajstić information content (AvgIpc) is 2.55. The summed E-state index contributed by atoms with van der Waals surface area (Å²) in [5, 5.41) is 13.1. The third-order valence-electron chi connectivity index (χ3n) is 3.48. The molecule has 4 nitrogen and oxygen atoms in total. The molecule has 2 rings (SSSR count). The Morgan fingerprint density at radius 2 is 1.86 bits per heavy atom. The molecule has 22 heavy (non-hydrogen) atoms. The van der Waals surface area contributed by atoms with Gasteiger partial charge in [-0.05, 0) is 18.1 Å². The van der Waals surface area contributed by atoms with Crippen LogP contribution in [0.4, 0.5) is 5.69 Å². The summed E-state index contributed by atoms with van der Waals surface area (Å²) in [5.74, 6) is 1.23. The number of benzene rings is 2. The molecule has 0 saturated heterocycles. The van der Waals surface area contributed by atoms with E-state index in [1.165, 1.54) is 0 Å². The largest absolute Gasteiger partial charge is 0.495 e. The maximum atomic E-state index is 9.24. The summed E-state index contributed by atoms with van der Waals surface area (Å²) in [6.07, 6.45) is 0. The fourth-order valence-electron chi connectivity index (χ4n) is 2.25. The molecule has 1 unspecified atom stereocenters. The van der Waals surface area contributed by atoms with Crippen molar-refractivity contribution in [3.63, 3.8) is 0 Å². The number of hydrogen-bond donors (Lipinski definition) is 2. The van der Waals surface area contributed by atoms with Crippen LogP contribution >= 0.6 is 11.6 Å². The maximum absolute atomic E-state index is 9.24. The highest BCUT2D eigenvalue weighted by Crippen LogP contribution is 2.37. The summed E-state index contributed by atoms with van der Waals surface area (Å²) in [5.41, 5.74) is 2.75. The van der Waals surface area contributed by atoms with Crippen molar-refractivity contribution < 1.29 is 14.6 Å². The zero-order valence-electron chi connectivity index (χ0n) is 12.9. The van der Waals surface area contributed by atoms with Gasteiger partial charge in [-0.3, -0.25) is 0 Å². The van der Waals surface area contributed by atoms with E-state index in [0.29, 0.717) is 16.5 Å². The van der Waals surface area contributed by atoms with Gasteiger partial charge in [0.05, 0.1) is 31.5 Å². The molecular weight excluding hydrogens is 302 g/mol. The quantitative estimate of drug-likeness (QED) is 0.843. The summed E-state index contributed by atoms with van der Waals surface area (Å²) in [4.78, 5) is 0. The van der Waals surface area contributed by atoms with Crippen LogP contribution in [0.5, 0.6) is 11.5 Å². The standard InChI is InChI=1S/C17H20ClNO3/c1-11(13-6-4-5-12(7-13)10-20)19-15-9-16(21-2)14(18)8-17(15)22-3/h4-9,11,19-20H,10H2,1-3H3. The Balaban J connectivity index is 2.28. The van der Waals surface area contributed by atoms with Gasteiger partial charge in [0.1, 0.15) is 11.5 Å². The molecule has 2 N–H and O–H groups in total. The van der Waals surface area contributed by atoms with Crippen molar-refractivity contribution in [2.45, 2.75) is 19.6 Å². The normalized spacial score (nSPS) is 11.9. The molecule has 5 heteroatoms. The molecular formula is C17H20ClNO3. The Labute approximate surface area is 135 Å². The summed E-state index contributed by atoms with van der Waals surface area (Å²) in [6.45, 7) is 2.07. The van der Waals surface area contributed by atoms with E-state index in [1.807, 2.05) is 37.3 Å². The Morgan fingerprint density at radius 1 is 1.14 bits per heavy atom. The number of hydrogen-bond acceptors (Lipinski definition) is 4. The number of anilines is 1. The molecule has 0 aliphatic rings. The Bertz CT molecular complexity index is 646. The molecule has 0 spiro atoms. The smallest absolute Gasteiger partial charge is 0.143 e. The van der Waals surface area contributed by atoms with Crippen molar-refractivity contribution >= 4 is 17.3 Å². The van der Waals surface area contributed by atoms with E-state index in [-0.39, 0.29) is 12.6 Å². The van der Waals surface area contributed by atoms with Gasteiger partial charge in [-0.15, -0.1) is 0 Å². The van der Waals surface area contributed by atoms with E-state index in [2.05, 4.69) is 5.32 Å². The van der Waals surface area contributed by atoms with Crippen LogP contribution in [0.1, 0.15) is 24.1 Å². The van der Waals surface area contributed by atoms with Crippen molar-refractivity contribution in [2.24, 2.45) is 0 Å². The van der Waals surface area contributed by atoms with E-state index in [9.17, 15) is 5.11 Å². The predicted octanol–water partition coefficient (Wildman–Crippen LogP) is 4.02. The fourth-order valence-corrected chi connectivity index (χ4v) is 2.48. The van der Waals surface area contributed by atoms with Gasteiger partial charge in [-0.2, -0.15) is 0 Å². The molecule has 0 saturated carbocycles. The van der Waals surface area contributed by atoms with Crippen LogP contribution < -0.4 is 14.8 Å². The number of aliphatic hydroxyl groups is 1. The third kappa shape index (κ3) is 3.64. The van der Waals surface area contributed by atoms with Crippen molar-refractivity contribution in [2.75, 3.05) is 19.5 Å². The Hall–Kier alpha value is -1.91. The minimum absolute atomic E-state index is 0.0264. The van der Waals surface area contributed by atoms with E-state index in [0.717, 1.165) is 16.8 Å². The minimum Gasteiger partial charge on any atom is -0.495 e. The highest BCUT2D eigenvalue weighted by Gasteiger charge is 2.13. The molecule has 118 valence electrons. The molecule has 0 aliphatic heterocycles. The molecule has 0 heterocycles. The van der Waals surface area contributed by atoms with Crippen LogP contribution in [0.2, 0.25) is 5.02 Å². The van der Waals surface area contributed by atoms with Gasteiger partial charge >= 0.3 is 0 Å². The van der Waals surface area contributed by atoms with Gasteiger partial charge in [0, 0.05) is 18.2 Å². The summed E-state index contributed by atoms with van der Waals surface area (Å²) < 4.78 is 10.6. The number of nitrogens with one attached hydrogen (secondary N) is 1. The van der Waals surface area contributed by atoms with Crippen LogP contribution in [0, 0.1) is 0 Å². The van der Waals surface area contributed by atoms with Gasteiger partial charge in [0.2, 0.25) is 0 Å². The van der Waals surface area contributed by atoms with Gasteiger partial charge < -0.3 is 19.9 Å². The summed E-state index contributed by atoms with van der Waals surface area (Å²) in [7, 11) is 3.17. The molecule has 0 fully saturated rings. The lowest BCUT2D eigenvalue weighted by molar-refractivity contribution is 0.281. The lowest BCUT2D eigenvalue weighted by atomic mass is 10.0. The monoisotopic (exact) mass is 321 g/mol. The third-order valence-corrected chi connectivity index (χ3v) is 3.77. The number of methoxy groups -OCH3 is 2. The lowest BCUT2D eigenvalue weighted by Gasteiger charge is -2.19. The minimum atomic E-state index is 0.0264. The second-order valence-corrected chi connectivity index (χ2v) is 5.36. The van der Waals surface area contributed by atoms with Crippen LogP contribution in [0.25, 0.3) is 0 Å². The zero-order valence-corrected chi connectivity index (χ0v) is 13.6. The number of ether oxygens (including phenoxy) is 2. The van der Waals surface area contributed by atoms with Crippen LogP contribution in [-0.4, -0.2) is 19.3 Å². The molecule has 2 aromatic carbocycles. The van der Waals surface area contributed by atoms with Gasteiger partial charge in [-0.1, -0.05) is 35.9 Å². The average molecular weight is 322 g/mol. The number of halogens is 1. The highest BCUT2D eigenvalue weighted by molar-refractivity contribution is 6.32. The van der Waals surface area contributed by atoms with Gasteiger partial charge in [0.15, 0.2) is 0 Å². The van der Waals surface area contributed by atoms with Gasteiger partial charge in [0.25, 0.3) is 0 Å². The summed E-state index contributed by atoms with van der Waals surface area (Å²) >= 11 is 6.11. The predicted molar refractivity (Wildman–Crippen MR) is 89.0 cm³/mol. The molecule has 2 aromatic rings. The first-order chi connectivity index (χ1) is 10.6. The SMILES string of the molecule is COc1cc(NC(C)c2cccc(CO)c2)c(OC)cc1Cl. The Kier molecular flexibility index (Phi) is 5.52. The van der Waals surface area contributed by atoms with Crippen LogP contribution in [0.3, 0.4) is 0 Å². The number of rotatable bonds is 6. The second kappa shape index (κ2) is 7.38. The topological polar surface area (TPSA) is 50.7 Å². The highest BCUT2D eigenvalue weighted by atomic mass is 35.5. The molecule has 0 radical (unpaired) electrons. The molecule has 1 atom stereocenters. The van der Waals surface area contributed by atoms with Gasteiger partial charge in [-0.25, -0.2) is 0 Å². The first-order valence-corrected chi connectivity index (χ1v) is 7.34. The Morgan fingerprint density at radius 3 is 2.50 bits per heavy atom. The maximum Gasteiger partial charge on any atom is 0.143 e. The fraction of sp³-hybridized carbons (Fsp3) is 0.294. The van der Waals surface area contributed by atoms with Crippen LogP contribution in [0.15, 0.2) is 36.4 Å². The summed E-state index contributed by atoms with van der Waals surface area (Å²) in [6, 6.07) is 11.4. The first-order valence-electron chi connectivity index (χ1n) is 6.96. The van der Waals surface area contributed by atoms with Crippen molar-refractivity contribution in [3.05, 3.63) is 52.5 Å². The van der Waals surface area contributed by atoms with Crippen LogP contribution in [-0.2, 0) is 6.61 Å². The second-order valence-electron chi connectivity index (χ2n) is 4.96. The van der Waals surface area contributed by atoms with E-state index in [4.69, 9.17) is 21.1 Å². The molecule has 0 amide bonds. The zero-order chi connectivity index (χ0) is 16.1. The van der Waals surface area contributed by atoms with E-state index >= 15 is 0 Å². The first kappa shape index (κ1) is 16.5. The van der Waals surface area contributed by atoms with Crippen molar-refractivity contribution in [3.8, 4) is 11.5 Å². The molecule has 0 aromatic heterocycles. The molecule has 0 bridgehead atoms. The number of aliphatic hydroxyl groups excluding tert-OH is 1. The lowest BCUT2D eigenvalue weighted by Crippen LogP contribution is -2.08. The van der Waals surface area contributed by atoms with E-state index in [1.54, 1.807) is 20.3 Å².